The summed E-state index contributed by atoms with van der Waals surface area (Å²) in [6, 6.07) is 0. The third-order valence-corrected chi connectivity index (χ3v) is 3.61. The number of aliphatic hydroxyl groups excluding tert-OH is 1. The van der Waals surface area contributed by atoms with Crippen molar-refractivity contribution in [2.45, 2.75) is 39.2 Å². The molecule has 0 aliphatic heterocycles. The minimum absolute atomic E-state index is 0.401. The molecule has 0 spiro atoms. The lowest BCUT2D eigenvalue weighted by atomic mass is 10.0. The Morgan fingerprint density at radius 3 is 2.53 bits per heavy atom. The molecular weight excluding hydrogens is 242 g/mol. The fourth-order valence-corrected chi connectivity index (χ4v) is 2.31. The van der Waals surface area contributed by atoms with Gasteiger partial charge in [0.1, 0.15) is 12.2 Å². The van der Waals surface area contributed by atoms with Crippen LogP contribution in [0, 0.1) is 13.8 Å². The Bertz CT molecular complexity index is 557. The summed E-state index contributed by atoms with van der Waals surface area (Å²) in [5, 5.41) is 18.5. The van der Waals surface area contributed by atoms with Gasteiger partial charge < -0.3 is 5.11 Å². The molecule has 2 aromatic heterocycles. The van der Waals surface area contributed by atoms with Crippen LogP contribution in [0.4, 0.5) is 0 Å². The van der Waals surface area contributed by atoms with Crippen molar-refractivity contribution in [2.75, 3.05) is 0 Å². The minimum Gasteiger partial charge on any atom is -0.393 e. The van der Waals surface area contributed by atoms with E-state index in [9.17, 15) is 5.11 Å². The highest BCUT2D eigenvalue weighted by atomic mass is 16.3. The average Bonchev–Trinajstić information content (AvgIpc) is 2.84. The molecule has 0 bridgehead atoms. The SMILES string of the molecule is Cc1nn(C)c(C)c1CCC(O)Cc1ncnn1C. The van der Waals surface area contributed by atoms with E-state index in [-0.39, 0.29) is 0 Å². The summed E-state index contributed by atoms with van der Waals surface area (Å²) < 4.78 is 3.59. The maximum Gasteiger partial charge on any atom is 0.138 e. The Morgan fingerprint density at radius 2 is 2.00 bits per heavy atom. The van der Waals surface area contributed by atoms with Gasteiger partial charge in [-0.15, -0.1) is 0 Å². The van der Waals surface area contributed by atoms with Crippen LogP contribution in [-0.4, -0.2) is 35.8 Å². The van der Waals surface area contributed by atoms with Gasteiger partial charge in [0.25, 0.3) is 0 Å². The second-order valence-electron chi connectivity index (χ2n) is 4.97. The fourth-order valence-electron chi connectivity index (χ4n) is 2.31. The Morgan fingerprint density at radius 1 is 1.26 bits per heavy atom. The molecule has 19 heavy (non-hydrogen) atoms. The molecule has 1 atom stereocenters. The van der Waals surface area contributed by atoms with E-state index < -0.39 is 6.10 Å². The lowest BCUT2D eigenvalue weighted by Gasteiger charge is -2.10. The van der Waals surface area contributed by atoms with Crippen LogP contribution in [-0.2, 0) is 26.9 Å². The molecule has 1 unspecified atom stereocenters. The van der Waals surface area contributed by atoms with Crippen LogP contribution in [0.25, 0.3) is 0 Å². The zero-order valence-electron chi connectivity index (χ0n) is 12.0. The minimum atomic E-state index is -0.401. The van der Waals surface area contributed by atoms with Gasteiger partial charge in [0.2, 0.25) is 0 Å². The number of aromatic nitrogens is 5. The fraction of sp³-hybridized carbons (Fsp3) is 0.615. The summed E-state index contributed by atoms with van der Waals surface area (Å²) in [5.41, 5.74) is 3.45. The monoisotopic (exact) mass is 263 g/mol. The van der Waals surface area contributed by atoms with Crippen LogP contribution >= 0.6 is 0 Å². The van der Waals surface area contributed by atoms with Gasteiger partial charge in [-0.3, -0.25) is 9.36 Å². The maximum atomic E-state index is 10.1. The summed E-state index contributed by atoms with van der Waals surface area (Å²) in [6.07, 6.45) is 3.19. The van der Waals surface area contributed by atoms with E-state index in [1.807, 2.05) is 25.7 Å². The highest BCUT2D eigenvalue weighted by molar-refractivity contribution is 5.24. The average molecular weight is 263 g/mol. The molecule has 0 aromatic carbocycles. The van der Waals surface area contributed by atoms with Gasteiger partial charge in [0, 0.05) is 26.2 Å². The van der Waals surface area contributed by atoms with Crippen molar-refractivity contribution in [3.05, 3.63) is 29.1 Å². The summed E-state index contributed by atoms with van der Waals surface area (Å²) >= 11 is 0. The largest absolute Gasteiger partial charge is 0.393 e. The van der Waals surface area contributed by atoms with Crippen LogP contribution in [0.5, 0.6) is 0 Å². The molecule has 0 saturated heterocycles. The van der Waals surface area contributed by atoms with Crippen LogP contribution in [0.15, 0.2) is 6.33 Å². The first-order valence-corrected chi connectivity index (χ1v) is 6.49. The molecule has 6 heteroatoms. The van der Waals surface area contributed by atoms with E-state index >= 15 is 0 Å². The number of aryl methyl sites for hydroxylation is 3. The summed E-state index contributed by atoms with van der Waals surface area (Å²) in [6.45, 7) is 4.07. The summed E-state index contributed by atoms with van der Waals surface area (Å²) in [7, 11) is 3.78. The standard InChI is InChI=1S/C13H21N5O/c1-9-12(10(2)17(3)16-9)6-5-11(19)7-13-14-8-15-18(13)4/h8,11,19H,5-7H2,1-4H3. The molecular formula is C13H21N5O. The Labute approximate surface area is 113 Å². The molecule has 6 nitrogen and oxygen atoms in total. The Kier molecular flexibility index (Phi) is 3.99. The molecule has 104 valence electrons. The number of aliphatic hydroxyl groups is 1. The first kappa shape index (κ1) is 13.7. The van der Waals surface area contributed by atoms with Gasteiger partial charge in [0.05, 0.1) is 11.8 Å². The van der Waals surface area contributed by atoms with E-state index in [1.165, 1.54) is 17.6 Å². The zero-order valence-corrected chi connectivity index (χ0v) is 12.0. The number of rotatable bonds is 5. The van der Waals surface area contributed by atoms with Gasteiger partial charge in [-0.05, 0) is 32.3 Å². The van der Waals surface area contributed by atoms with Crippen molar-refractivity contribution in [2.24, 2.45) is 14.1 Å². The number of hydrogen-bond donors (Lipinski definition) is 1. The summed E-state index contributed by atoms with van der Waals surface area (Å²) in [5.74, 6) is 0.812. The predicted octanol–water partition coefficient (Wildman–Crippen LogP) is 0.702. The lowest BCUT2D eigenvalue weighted by molar-refractivity contribution is 0.161. The van der Waals surface area contributed by atoms with Crippen molar-refractivity contribution >= 4 is 0 Å². The van der Waals surface area contributed by atoms with Gasteiger partial charge in [-0.2, -0.15) is 10.2 Å². The second-order valence-corrected chi connectivity index (χ2v) is 4.97. The normalized spacial score (nSPS) is 12.9. The first-order chi connectivity index (χ1) is 8.99. The number of hydrogen-bond acceptors (Lipinski definition) is 4. The van der Waals surface area contributed by atoms with Crippen LogP contribution in [0.2, 0.25) is 0 Å². The molecule has 0 saturated carbocycles. The van der Waals surface area contributed by atoms with Crippen molar-refractivity contribution in [1.29, 1.82) is 0 Å². The Hall–Kier alpha value is -1.69. The number of nitrogens with zero attached hydrogens (tertiary/aromatic N) is 5. The zero-order chi connectivity index (χ0) is 14.0. The Balaban J connectivity index is 1.93. The van der Waals surface area contributed by atoms with Crippen molar-refractivity contribution in [1.82, 2.24) is 24.5 Å². The molecule has 2 rings (SSSR count). The van der Waals surface area contributed by atoms with Crippen LogP contribution in [0.3, 0.4) is 0 Å². The maximum absolute atomic E-state index is 10.1. The highest BCUT2D eigenvalue weighted by Crippen LogP contribution is 2.15. The van der Waals surface area contributed by atoms with Gasteiger partial charge in [0.15, 0.2) is 0 Å². The smallest absolute Gasteiger partial charge is 0.138 e. The topological polar surface area (TPSA) is 68.8 Å². The van der Waals surface area contributed by atoms with Crippen molar-refractivity contribution in [3.8, 4) is 0 Å². The van der Waals surface area contributed by atoms with E-state index in [1.54, 1.807) is 4.68 Å². The van der Waals surface area contributed by atoms with E-state index in [0.717, 1.165) is 17.9 Å². The van der Waals surface area contributed by atoms with Crippen LogP contribution < -0.4 is 0 Å². The van der Waals surface area contributed by atoms with Gasteiger partial charge in [-0.1, -0.05) is 0 Å². The molecule has 0 radical (unpaired) electrons. The lowest BCUT2D eigenvalue weighted by Crippen LogP contribution is -2.15. The van der Waals surface area contributed by atoms with E-state index in [0.29, 0.717) is 12.8 Å². The molecule has 1 N–H and O–H groups in total. The van der Waals surface area contributed by atoms with Gasteiger partial charge >= 0.3 is 0 Å². The molecule has 0 aliphatic rings. The molecule has 2 heterocycles. The molecule has 0 aliphatic carbocycles. The third-order valence-electron chi connectivity index (χ3n) is 3.61. The van der Waals surface area contributed by atoms with E-state index in [4.69, 9.17) is 0 Å². The van der Waals surface area contributed by atoms with E-state index in [2.05, 4.69) is 22.1 Å². The quantitative estimate of drug-likeness (QED) is 0.862. The molecule has 0 amide bonds. The molecule has 0 fully saturated rings. The van der Waals surface area contributed by atoms with Crippen molar-refractivity contribution in [3.63, 3.8) is 0 Å². The van der Waals surface area contributed by atoms with Crippen molar-refractivity contribution < 1.29 is 5.11 Å². The molecule has 2 aromatic rings. The predicted molar refractivity (Wildman–Crippen MR) is 71.7 cm³/mol. The third kappa shape index (κ3) is 3.01. The van der Waals surface area contributed by atoms with Gasteiger partial charge in [-0.25, -0.2) is 4.98 Å². The second kappa shape index (κ2) is 5.52. The summed E-state index contributed by atoms with van der Waals surface area (Å²) in [4.78, 5) is 4.13. The first-order valence-electron chi connectivity index (χ1n) is 6.49. The highest BCUT2D eigenvalue weighted by Gasteiger charge is 2.14. The van der Waals surface area contributed by atoms with Crippen LogP contribution in [0.1, 0.15) is 29.2 Å².